The fourth-order valence-electron chi connectivity index (χ4n) is 3.36. The fraction of sp³-hybridized carbons (Fsp3) is 0.222. The van der Waals surface area contributed by atoms with Crippen molar-refractivity contribution in [2.45, 2.75) is 27.7 Å². The first kappa shape index (κ1) is 27.0. The van der Waals surface area contributed by atoms with E-state index in [1.165, 1.54) is 13.3 Å². The summed E-state index contributed by atoms with van der Waals surface area (Å²) in [6, 6.07) is 10.8. The van der Waals surface area contributed by atoms with Crippen LogP contribution in [-0.4, -0.2) is 39.5 Å². The molecule has 3 N–H and O–H groups in total. The normalized spacial score (nSPS) is 10.1. The summed E-state index contributed by atoms with van der Waals surface area (Å²) in [6.07, 6.45) is 5.42. The van der Waals surface area contributed by atoms with Gasteiger partial charge in [0, 0.05) is 25.0 Å². The molecule has 0 aliphatic rings. The standard InChI is InChI=1S/C25H24FN7O2.C2H6/c1-4-27-25(34)18-14-29-22(33-21-9-8-15(2)11-28-21)10-20(18)32-19-7-5-6-17(23(19)35-3)24-30-12-16(26)13-31-24;1-2/h5-14H,4H2,1-3H3,(H,27,34)(H2,28,29,32,33);1-2H3. The highest BCUT2D eigenvalue weighted by Crippen LogP contribution is 2.37. The van der Waals surface area contributed by atoms with Crippen LogP contribution in [0.3, 0.4) is 0 Å². The lowest BCUT2D eigenvalue weighted by Gasteiger charge is -2.17. The molecular formula is C27H30FN7O2. The number of pyridine rings is 2. The lowest BCUT2D eigenvalue weighted by molar-refractivity contribution is 0.0956. The van der Waals surface area contributed by atoms with Crippen molar-refractivity contribution >= 4 is 28.9 Å². The quantitative estimate of drug-likeness (QED) is 0.283. The van der Waals surface area contributed by atoms with E-state index in [-0.39, 0.29) is 5.91 Å². The lowest BCUT2D eigenvalue weighted by Crippen LogP contribution is -2.24. The fourth-order valence-corrected chi connectivity index (χ4v) is 3.36. The van der Waals surface area contributed by atoms with Gasteiger partial charge in [-0.2, -0.15) is 0 Å². The summed E-state index contributed by atoms with van der Waals surface area (Å²) in [7, 11) is 1.51. The van der Waals surface area contributed by atoms with E-state index in [0.29, 0.717) is 52.3 Å². The zero-order valence-electron chi connectivity index (χ0n) is 21.5. The van der Waals surface area contributed by atoms with Gasteiger partial charge < -0.3 is 20.7 Å². The number of carbonyl (C=O) groups is 1. The molecular weight excluding hydrogens is 473 g/mol. The smallest absolute Gasteiger partial charge is 0.254 e. The van der Waals surface area contributed by atoms with Gasteiger partial charge in [0.2, 0.25) is 0 Å². The molecule has 3 aromatic heterocycles. The van der Waals surface area contributed by atoms with Crippen molar-refractivity contribution in [1.82, 2.24) is 25.3 Å². The van der Waals surface area contributed by atoms with Crippen molar-refractivity contribution < 1.29 is 13.9 Å². The second kappa shape index (κ2) is 12.9. The summed E-state index contributed by atoms with van der Waals surface area (Å²) in [6.45, 7) is 8.26. The summed E-state index contributed by atoms with van der Waals surface area (Å²) >= 11 is 0. The van der Waals surface area contributed by atoms with Gasteiger partial charge in [-0.25, -0.2) is 24.3 Å². The van der Waals surface area contributed by atoms with Crippen LogP contribution in [0, 0.1) is 12.7 Å². The Balaban J connectivity index is 0.00000186. The number of ether oxygens (including phenoxy) is 1. The van der Waals surface area contributed by atoms with Crippen molar-refractivity contribution in [3.63, 3.8) is 0 Å². The third kappa shape index (κ3) is 6.75. The van der Waals surface area contributed by atoms with E-state index >= 15 is 0 Å². The molecule has 0 unspecified atom stereocenters. The number of hydrogen-bond donors (Lipinski definition) is 3. The van der Waals surface area contributed by atoms with Crippen LogP contribution in [0.15, 0.2) is 61.2 Å². The summed E-state index contributed by atoms with van der Waals surface area (Å²) in [5.74, 6) is 1.04. The number of aryl methyl sites for hydroxylation is 1. The number of halogens is 1. The molecule has 1 aromatic carbocycles. The Hall–Kier alpha value is -4.60. The summed E-state index contributed by atoms with van der Waals surface area (Å²) in [5.41, 5.74) is 3.01. The molecule has 10 heteroatoms. The van der Waals surface area contributed by atoms with Gasteiger partial charge in [0.25, 0.3) is 5.91 Å². The largest absolute Gasteiger partial charge is 0.494 e. The number of aromatic nitrogens is 4. The SMILES string of the molecule is CC.CCNC(=O)c1cnc(Nc2ccc(C)cn2)cc1Nc1cccc(-c2ncc(F)cn2)c1OC. The number of hydrogen-bond acceptors (Lipinski definition) is 8. The number of anilines is 4. The number of nitrogens with zero attached hydrogens (tertiary/aromatic N) is 4. The Kier molecular flexibility index (Phi) is 9.42. The van der Waals surface area contributed by atoms with Crippen molar-refractivity contribution in [3.05, 3.63) is 78.1 Å². The maximum absolute atomic E-state index is 13.3. The Bertz CT molecular complexity index is 1330. The Labute approximate surface area is 215 Å². The van der Waals surface area contributed by atoms with Gasteiger partial charge in [0.1, 0.15) is 11.6 Å². The van der Waals surface area contributed by atoms with E-state index in [1.54, 1.807) is 30.5 Å². The predicted octanol–water partition coefficient (Wildman–Crippen LogP) is 5.65. The van der Waals surface area contributed by atoms with Gasteiger partial charge >= 0.3 is 0 Å². The average Bonchev–Trinajstić information content (AvgIpc) is 2.92. The maximum atomic E-state index is 13.3. The van der Waals surface area contributed by atoms with E-state index in [2.05, 4.69) is 35.9 Å². The summed E-state index contributed by atoms with van der Waals surface area (Å²) < 4.78 is 19.0. The van der Waals surface area contributed by atoms with Crippen LogP contribution < -0.4 is 20.7 Å². The Morgan fingerprint density at radius 2 is 1.65 bits per heavy atom. The van der Waals surface area contributed by atoms with E-state index in [0.717, 1.165) is 18.0 Å². The van der Waals surface area contributed by atoms with Crippen molar-refractivity contribution in [2.24, 2.45) is 0 Å². The first-order chi connectivity index (χ1) is 18.0. The molecule has 0 saturated heterocycles. The molecule has 4 rings (SSSR count). The number of nitrogens with one attached hydrogen (secondary N) is 3. The number of rotatable bonds is 8. The molecule has 0 aliphatic heterocycles. The maximum Gasteiger partial charge on any atom is 0.254 e. The highest BCUT2D eigenvalue weighted by Gasteiger charge is 2.18. The lowest BCUT2D eigenvalue weighted by atomic mass is 10.1. The van der Waals surface area contributed by atoms with Gasteiger partial charge in [0.15, 0.2) is 17.4 Å². The molecule has 0 fully saturated rings. The van der Waals surface area contributed by atoms with Crippen LogP contribution in [0.25, 0.3) is 11.4 Å². The molecule has 9 nitrogen and oxygen atoms in total. The Morgan fingerprint density at radius 1 is 0.919 bits per heavy atom. The van der Waals surface area contributed by atoms with E-state index in [4.69, 9.17) is 4.74 Å². The van der Waals surface area contributed by atoms with Crippen molar-refractivity contribution in [3.8, 4) is 17.1 Å². The molecule has 0 aliphatic carbocycles. The summed E-state index contributed by atoms with van der Waals surface area (Å²) in [5, 5.41) is 9.21. The van der Waals surface area contributed by atoms with Crippen LogP contribution in [0.2, 0.25) is 0 Å². The van der Waals surface area contributed by atoms with Gasteiger partial charge in [-0.05, 0) is 37.6 Å². The number of benzene rings is 1. The summed E-state index contributed by atoms with van der Waals surface area (Å²) in [4.78, 5) is 29.6. The minimum atomic E-state index is -0.534. The second-order valence-electron chi connectivity index (χ2n) is 7.56. The van der Waals surface area contributed by atoms with Crippen molar-refractivity contribution in [2.75, 3.05) is 24.3 Å². The van der Waals surface area contributed by atoms with Gasteiger partial charge in [0.05, 0.1) is 42.0 Å². The minimum Gasteiger partial charge on any atom is -0.494 e. The third-order valence-electron chi connectivity index (χ3n) is 5.00. The number of amides is 1. The molecule has 1 amide bonds. The molecule has 0 spiro atoms. The zero-order chi connectivity index (χ0) is 26.8. The Morgan fingerprint density at radius 3 is 2.30 bits per heavy atom. The zero-order valence-corrected chi connectivity index (χ0v) is 21.5. The molecule has 37 heavy (non-hydrogen) atoms. The highest BCUT2D eigenvalue weighted by atomic mass is 19.1. The first-order valence-corrected chi connectivity index (χ1v) is 11.9. The molecule has 0 bridgehead atoms. The van der Waals surface area contributed by atoms with Crippen LogP contribution in [0.5, 0.6) is 5.75 Å². The van der Waals surface area contributed by atoms with E-state index in [1.807, 2.05) is 39.8 Å². The topological polar surface area (TPSA) is 114 Å². The number of para-hydroxylation sites is 1. The van der Waals surface area contributed by atoms with Crippen molar-refractivity contribution in [1.29, 1.82) is 0 Å². The van der Waals surface area contributed by atoms with Gasteiger partial charge in [-0.15, -0.1) is 0 Å². The number of carbonyl (C=O) groups excluding carboxylic acids is 1. The molecule has 192 valence electrons. The molecule has 0 radical (unpaired) electrons. The van der Waals surface area contributed by atoms with Crippen LogP contribution in [0.1, 0.15) is 36.7 Å². The molecule has 3 heterocycles. The predicted molar refractivity (Wildman–Crippen MR) is 143 cm³/mol. The third-order valence-corrected chi connectivity index (χ3v) is 5.00. The van der Waals surface area contributed by atoms with Gasteiger partial charge in [-0.3, -0.25) is 4.79 Å². The van der Waals surface area contributed by atoms with E-state index < -0.39 is 5.82 Å². The molecule has 4 aromatic rings. The number of methoxy groups -OCH3 is 1. The van der Waals surface area contributed by atoms with Crippen LogP contribution in [0.4, 0.5) is 27.4 Å². The van der Waals surface area contributed by atoms with E-state index in [9.17, 15) is 9.18 Å². The molecule has 0 saturated carbocycles. The average molecular weight is 504 g/mol. The van der Waals surface area contributed by atoms with Crippen LogP contribution in [-0.2, 0) is 0 Å². The first-order valence-electron chi connectivity index (χ1n) is 11.9. The molecule has 0 atom stereocenters. The van der Waals surface area contributed by atoms with Crippen LogP contribution >= 0.6 is 0 Å². The monoisotopic (exact) mass is 503 g/mol. The highest BCUT2D eigenvalue weighted by molar-refractivity contribution is 6.01. The minimum absolute atomic E-state index is 0.278. The van der Waals surface area contributed by atoms with Gasteiger partial charge in [-0.1, -0.05) is 26.0 Å². The second-order valence-corrected chi connectivity index (χ2v) is 7.56.